The number of benzene rings is 1. The van der Waals surface area contributed by atoms with Crippen molar-refractivity contribution in [3.63, 3.8) is 0 Å². The molecule has 0 saturated heterocycles. The molecular formula is C23H26F3N3O10. The molecule has 0 aliphatic rings. The molecule has 1 heterocycles. The second-order valence-corrected chi connectivity index (χ2v) is 7.62. The van der Waals surface area contributed by atoms with Crippen LogP contribution in [-0.2, 0) is 25.6 Å². The predicted molar refractivity (Wildman–Crippen MR) is 126 cm³/mol. The third-order valence-corrected chi connectivity index (χ3v) is 4.19. The number of carbonyl (C=O) groups excluding carboxylic acids is 2. The average Bonchev–Trinajstić information content (AvgIpc) is 3.27. The lowest BCUT2D eigenvalue weighted by Crippen LogP contribution is -2.41. The van der Waals surface area contributed by atoms with Gasteiger partial charge in [-0.2, -0.15) is 13.2 Å². The summed E-state index contributed by atoms with van der Waals surface area (Å²) in [6, 6.07) is 6.63. The van der Waals surface area contributed by atoms with Crippen LogP contribution in [0.25, 0.3) is 0 Å². The number of halogens is 3. The number of nitrogens with one attached hydrogen (secondary N) is 2. The predicted octanol–water partition coefficient (Wildman–Crippen LogP) is 2.27. The molecule has 0 aliphatic heterocycles. The van der Waals surface area contributed by atoms with Gasteiger partial charge in [-0.1, -0.05) is 6.92 Å². The van der Waals surface area contributed by atoms with Crippen LogP contribution in [-0.4, -0.2) is 63.2 Å². The molecule has 0 saturated carbocycles. The number of amidine groups is 1. The summed E-state index contributed by atoms with van der Waals surface area (Å²) in [6.45, 7) is 4.08. The Kier molecular flexibility index (Phi) is 13.5. The highest BCUT2D eigenvalue weighted by Crippen LogP contribution is 2.18. The standard InChI is InChI=1S/C19H21N3O6.C2HF3O2.C2H4O2/c1-10(17(23)22-11(2)18(24)25)7-15-8-13(9-27-15)19(26)28-14-5-3-12(4-6-14)16(20)21;3-2(4,5)1(6)7;1-2(3)4/h3-6,8-11H,7H2,1-2H3,(H3,20,21)(H,22,23)(H,24,25);(H,6,7);1H3,(H,3,4). The molecule has 1 aromatic heterocycles. The number of nitrogens with two attached hydrogens (primary N) is 1. The van der Waals surface area contributed by atoms with Crippen molar-refractivity contribution >= 4 is 35.6 Å². The van der Waals surface area contributed by atoms with Gasteiger partial charge in [-0.3, -0.25) is 19.8 Å². The first-order valence-electron chi connectivity index (χ1n) is 10.6. The van der Waals surface area contributed by atoms with E-state index in [0.717, 1.165) is 6.92 Å². The van der Waals surface area contributed by atoms with Crippen LogP contribution in [0.3, 0.4) is 0 Å². The maximum Gasteiger partial charge on any atom is 0.490 e. The fourth-order valence-electron chi connectivity index (χ4n) is 2.28. The molecule has 0 fully saturated rings. The molecule has 16 heteroatoms. The number of ether oxygens (including phenoxy) is 1. The number of aliphatic carboxylic acids is 3. The van der Waals surface area contributed by atoms with Gasteiger partial charge in [0, 0.05) is 24.8 Å². The lowest BCUT2D eigenvalue weighted by atomic mass is 10.0. The van der Waals surface area contributed by atoms with E-state index in [1.807, 2.05) is 0 Å². The number of carbonyl (C=O) groups is 5. The molecule has 0 bridgehead atoms. The Balaban J connectivity index is 0.00000111. The maximum absolute atomic E-state index is 12.2. The van der Waals surface area contributed by atoms with Crippen molar-refractivity contribution in [3.05, 3.63) is 53.5 Å². The molecule has 0 spiro atoms. The third kappa shape index (κ3) is 13.8. The number of esters is 1. The first-order chi connectivity index (χ1) is 17.8. The van der Waals surface area contributed by atoms with Gasteiger partial charge in [0.2, 0.25) is 5.91 Å². The Labute approximate surface area is 218 Å². The number of alkyl halides is 3. The Hall–Kier alpha value is -4.89. The SMILES string of the molecule is CC(=O)O.CC(Cc1cc(C(=O)Oc2ccc(C(=N)N)cc2)co1)C(=O)NC(C)C(=O)O.O=C(O)C(F)(F)F. The Morgan fingerprint density at radius 2 is 1.54 bits per heavy atom. The molecule has 2 rings (SSSR count). The van der Waals surface area contributed by atoms with Gasteiger partial charge in [-0.15, -0.1) is 0 Å². The van der Waals surface area contributed by atoms with Crippen molar-refractivity contribution in [1.82, 2.24) is 5.32 Å². The molecule has 39 heavy (non-hydrogen) atoms. The zero-order chi connectivity index (χ0) is 30.5. The fourth-order valence-corrected chi connectivity index (χ4v) is 2.28. The van der Waals surface area contributed by atoms with Crippen LogP contribution in [0.5, 0.6) is 5.75 Å². The van der Waals surface area contributed by atoms with E-state index in [1.165, 1.54) is 31.4 Å². The van der Waals surface area contributed by atoms with Gasteiger partial charge in [0.15, 0.2) is 0 Å². The van der Waals surface area contributed by atoms with Gasteiger partial charge < -0.3 is 35.5 Å². The molecule has 2 unspecified atom stereocenters. The third-order valence-electron chi connectivity index (χ3n) is 4.19. The van der Waals surface area contributed by atoms with Gasteiger partial charge in [0.25, 0.3) is 5.97 Å². The summed E-state index contributed by atoms with van der Waals surface area (Å²) in [7, 11) is 0. The maximum atomic E-state index is 12.2. The molecule has 1 aromatic carbocycles. The van der Waals surface area contributed by atoms with Gasteiger partial charge in [-0.25, -0.2) is 9.59 Å². The van der Waals surface area contributed by atoms with E-state index in [1.54, 1.807) is 19.1 Å². The number of carboxylic acid groups (broad SMARTS) is 3. The number of amides is 1. The number of furan rings is 1. The summed E-state index contributed by atoms with van der Waals surface area (Å²) in [5.41, 5.74) is 6.05. The molecule has 0 aliphatic carbocycles. The van der Waals surface area contributed by atoms with E-state index in [4.69, 9.17) is 45.2 Å². The van der Waals surface area contributed by atoms with Crippen LogP contribution >= 0.6 is 0 Å². The number of hydrogen-bond acceptors (Lipinski definition) is 8. The molecule has 2 atom stereocenters. The first-order valence-corrected chi connectivity index (χ1v) is 10.6. The van der Waals surface area contributed by atoms with Crippen molar-refractivity contribution in [2.75, 3.05) is 0 Å². The molecule has 13 nitrogen and oxygen atoms in total. The van der Waals surface area contributed by atoms with Crippen molar-refractivity contribution in [1.29, 1.82) is 5.41 Å². The summed E-state index contributed by atoms with van der Waals surface area (Å²) >= 11 is 0. The molecule has 0 radical (unpaired) electrons. The van der Waals surface area contributed by atoms with Crippen molar-refractivity contribution in [3.8, 4) is 5.75 Å². The number of nitrogen functional groups attached to an aromatic ring is 1. The van der Waals surface area contributed by atoms with Crippen LogP contribution in [0.15, 0.2) is 41.0 Å². The zero-order valence-electron chi connectivity index (χ0n) is 20.7. The lowest BCUT2D eigenvalue weighted by molar-refractivity contribution is -0.192. The highest BCUT2D eigenvalue weighted by atomic mass is 19.4. The van der Waals surface area contributed by atoms with Crippen LogP contribution in [0.2, 0.25) is 0 Å². The number of hydrogen-bond donors (Lipinski definition) is 6. The van der Waals surface area contributed by atoms with Crippen LogP contribution in [0.1, 0.15) is 42.5 Å². The topological polar surface area (TPSA) is 230 Å². The Morgan fingerprint density at radius 1 is 1.05 bits per heavy atom. The highest BCUT2D eigenvalue weighted by Gasteiger charge is 2.38. The van der Waals surface area contributed by atoms with E-state index < -0.39 is 47.9 Å². The summed E-state index contributed by atoms with van der Waals surface area (Å²) in [6.07, 6.45) is -3.66. The minimum Gasteiger partial charge on any atom is -0.481 e. The fraction of sp³-hybridized carbons (Fsp3) is 0.304. The largest absolute Gasteiger partial charge is 0.490 e. The van der Waals surface area contributed by atoms with Gasteiger partial charge in [0.05, 0.1) is 5.56 Å². The zero-order valence-corrected chi connectivity index (χ0v) is 20.7. The van der Waals surface area contributed by atoms with Crippen LogP contribution in [0.4, 0.5) is 13.2 Å². The summed E-state index contributed by atoms with van der Waals surface area (Å²) < 4.78 is 42.3. The van der Waals surface area contributed by atoms with E-state index in [0.29, 0.717) is 11.3 Å². The van der Waals surface area contributed by atoms with E-state index >= 15 is 0 Å². The summed E-state index contributed by atoms with van der Waals surface area (Å²) in [5.74, 6) is -5.74. The Morgan fingerprint density at radius 3 is 1.95 bits per heavy atom. The Bertz CT molecular complexity index is 1170. The average molecular weight is 561 g/mol. The van der Waals surface area contributed by atoms with Gasteiger partial charge >= 0.3 is 24.1 Å². The smallest absolute Gasteiger partial charge is 0.481 e. The van der Waals surface area contributed by atoms with Crippen LogP contribution in [0, 0.1) is 11.3 Å². The quantitative estimate of drug-likeness (QED) is 0.118. The van der Waals surface area contributed by atoms with Crippen molar-refractivity contribution < 1.29 is 61.6 Å². The highest BCUT2D eigenvalue weighted by molar-refractivity contribution is 5.95. The lowest BCUT2D eigenvalue weighted by Gasteiger charge is -2.13. The summed E-state index contributed by atoms with van der Waals surface area (Å²) in [4.78, 5) is 52.9. The number of carboxylic acids is 3. The molecule has 2 aromatic rings. The minimum atomic E-state index is -5.08. The monoisotopic (exact) mass is 561 g/mol. The summed E-state index contributed by atoms with van der Waals surface area (Å²) in [5, 5.41) is 33.1. The second-order valence-electron chi connectivity index (χ2n) is 7.62. The van der Waals surface area contributed by atoms with E-state index in [2.05, 4.69) is 5.32 Å². The molecule has 7 N–H and O–H groups in total. The normalized spacial score (nSPS) is 11.7. The molecular weight excluding hydrogens is 535 g/mol. The van der Waals surface area contributed by atoms with Gasteiger partial charge in [-0.05, 0) is 37.3 Å². The van der Waals surface area contributed by atoms with Crippen molar-refractivity contribution in [2.45, 2.75) is 39.4 Å². The minimum absolute atomic E-state index is 0.0896. The van der Waals surface area contributed by atoms with E-state index in [-0.39, 0.29) is 23.6 Å². The van der Waals surface area contributed by atoms with Crippen LogP contribution < -0.4 is 15.8 Å². The first kappa shape index (κ1) is 34.1. The molecule has 214 valence electrons. The van der Waals surface area contributed by atoms with E-state index in [9.17, 15) is 27.6 Å². The molecule has 1 amide bonds. The number of rotatable bonds is 8. The van der Waals surface area contributed by atoms with Gasteiger partial charge in [0.1, 0.15) is 29.7 Å². The van der Waals surface area contributed by atoms with Crippen molar-refractivity contribution in [2.24, 2.45) is 11.7 Å². The second kappa shape index (κ2) is 15.4.